The standard InChI is InChI=1S/C14H28O3/c1-12(2,3)9-8-10-13(4,5)14(6,7)11(15)17-16/h16H,8-10H2,1-7H3. The summed E-state index contributed by atoms with van der Waals surface area (Å²) in [6, 6.07) is 0. The molecule has 0 amide bonds. The van der Waals surface area contributed by atoms with Crippen LogP contribution in [0.4, 0.5) is 0 Å². The van der Waals surface area contributed by atoms with E-state index in [1.54, 1.807) is 0 Å². The molecule has 17 heavy (non-hydrogen) atoms. The second kappa shape index (κ2) is 5.38. The maximum Gasteiger partial charge on any atom is 0.348 e. The van der Waals surface area contributed by atoms with E-state index in [1.165, 1.54) is 0 Å². The van der Waals surface area contributed by atoms with Crippen molar-refractivity contribution in [2.75, 3.05) is 0 Å². The minimum Gasteiger partial charge on any atom is -0.300 e. The highest BCUT2D eigenvalue weighted by molar-refractivity contribution is 5.76. The Kier molecular flexibility index (Phi) is 5.20. The van der Waals surface area contributed by atoms with Gasteiger partial charge in [0.2, 0.25) is 0 Å². The van der Waals surface area contributed by atoms with Crippen LogP contribution in [0.25, 0.3) is 0 Å². The third-order valence-electron chi connectivity index (χ3n) is 4.01. The smallest absolute Gasteiger partial charge is 0.300 e. The first kappa shape index (κ1) is 16.4. The molecular weight excluding hydrogens is 216 g/mol. The van der Waals surface area contributed by atoms with Crippen LogP contribution in [-0.2, 0) is 9.68 Å². The number of rotatable bonds is 5. The summed E-state index contributed by atoms with van der Waals surface area (Å²) >= 11 is 0. The Bertz CT molecular complexity index is 259. The van der Waals surface area contributed by atoms with Gasteiger partial charge in [-0.15, -0.1) is 0 Å². The summed E-state index contributed by atoms with van der Waals surface area (Å²) < 4.78 is 0. The van der Waals surface area contributed by atoms with E-state index in [-0.39, 0.29) is 5.41 Å². The molecule has 0 spiro atoms. The average Bonchev–Trinajstić information content (AvgIpc) is 2.13. The molecule has 0 fully saturated rings. The highest BCUT2D eigenvalue weighted by Gasteiger charge is 2.44. The third-order valence-corrected chi connectivity index (χ3v) is 4.01. The Morgan fingerprint density at radius 2 is 1.47 bits per heavy atom. The van der Waals surface area contributed by atoms with E-state index in [2.05, 4.69) is 25.7 Å². The summed E-state index contributed by atoms with van der Waals surface area (Å²) in [5, 5.41) is 8.54. The minimum atomic E-state index is -0.681. The topological polar surface area (TPSA) is 46.5 Å². The van der Waals surface area contributed by atoms with E-state index in [0.717, 1.165) is 19.3 Å². The maximum absolute atomic E-state index is 11.6. The zero-order valence-corrected chi connectivity index (χ0v) is 12.4. The number of carbonyl (C=O) groups excluding carboxylic acids is 1. The van der Waals surface area contributed by atoms with Crippen LogP contribution < -0.4 is 0 Å². The van der Waals surface area contributed by atoms with Crippen LogP contribution in [0.1, 0.15) is 67.7 Å². The highest BCUT2D eigenvalue weighted by Crippen LogP contribution is 2.44. The molecule has 0 heterocycles. The molecule has 0 bridgehead atoms. The SMILES string of the molecule is CC(C)(C)CCCC(C)(C)C(C)(C)C(=O)OO. The van der Waals surface area contributed by atoms with E-state index >= 15 is 0 Å². The molecule has 0 aliphatic heterocycles. The van der Waals surface area contributed by atoms with E-state index in [9.17, 15) is 4.79 Å². The summed E-state index contributed by atoms with van der Waals surface area (Å²) in [4.78, 5) is 15.5. The zero-order valence-electron chi connectivity index (χ0n) is 12.4. The molecule has 0 aromatic carbocycles. The molecule has 0 saturated carbocycles. The summed E-state index contributed by atoms with van der Waals surface area (Å²) in [7, 11) is 0. The Labute approximate surface area is 105 Å². The molecule has 0 rings (SSSR count). The Morgan fingerprint density at radius 1 is 1.00 bits per heavy atom. The molecule has 102 valence electrons. The van der Waals surface area contributed by atoms with Gasteiger partial charge in [-0.25, -0.2) is 4.79 Å². The highest BCUT2D eigenvalue weighted by atomic mass is 17.1. The predicted molar refractivity (Wildman–Crippen MR) is 69.6 cm³/mol. The Balaban J connectivity index is 4.52. The lowest BCUT2D eigenvalue weighted by Crippen LogP contribution is -2.40. The normalized spacial score (nSPS) is 13.6. The number of carbonyl (C=O) groups is 1. The lowest BCUT2D eigenvalue weighted by Gasteiger charge is -2.39. The first-order valence-corrected chi connectivity index (χ1v) is 6.30. The molecule has 3 heteroatoms. The van der Waals surface area contributed by atoms with Gasteiger partial charge < -0.3 is 4.89 Å². The summed E-state index contributed by atoms with van der Waals surface area (Å²) in [6.45, 7) is 14.4. The van der Waals surface area contributed by atoms with Crippen LogP contribution in [0.2, 0.25) is 0 Å². The van der Waals surface area contributed by atoms with Crippen molar-refractivity contribution in [1.82, 2.24) is 0 Å². The molecule has 0 saturated heterocycles. The molecule has 0 aromatic rings. The number of hydrogen-bond acceptors (Lipinski definition) is 3. The van der Waals surface area contributed by atoms with Gasteiger partial charge in [-0.1, -0.05) is 41.0 Å². The first-order valence-electron chi connectivity index (χ1n) is 6.30. The van der Waals surface area contributed by atoms with Crippen molar-refractivity contribution in [3.05, 3.63) is 0 Å². The molecular formula is C14H28O3. The summed E-state index contributed by atoms with van der Waals surface area (Å²) in [6.07, 6.45) is 3.13. The van der Waals surface area contributed by atoms with Crippen LogP contribution in [0.15, 0.2) is 0 Å². The second-order valence-electron chi connectivity index (χ2n) is 7.30. The fourth-order valence-electron chi connectivity index (χ4n) is 1.76. The van der Waals surface area contributed by atoms with Crippen molar-refractivity contribution in [2.24, 2.45) is 16.2 Å². The molecule has 1 N–H and O–H groups in total. The molecule has 0 atom stereocenters. The fourth-order valence-corrected chi connectivity index (χ4v) is 1.76. The van der Waals surface area contributed by atoms with Gasteiger partial charge in [0.25, 0.3) is 0 Å². The van der Waals surface area contributed by atoms with Crippen LogP contribution in [0.3, 0.4) is 0 Å². The minimum absolute atomic E-state index is 0.196. The molecule has 0 aromatic heterocycles. The molecule has 3 nitrogen and oxygen atoms in total. The van der Waals surface area contributed by atoms with Crippen molar-refractivity contribution in [1.29, 1.82) is 0 Å². The van der Waals surface area contributed by atoms with Crippen LogP contribution >= 0.6 is 0 Å². The van der Waals surface area contributed by atoms with Crippen molar-refractivity contribution >= 4 is 5.97 Å². The quantitative estimate of drug-likeness (QED) is 0.580. The van der Waals surface area contributed by atoms with Gasteiger partial charge in [0, 0.05) is 0 Å². The fraction of sp³-hybridized carbons (Fsp3) is 0.929. The van der Waals surface area contributed by atoms with E-state index in [4.69, 9.17) is 5.26 Å². The predicted octanol–water partition coefficient (Wildman–Crippen LogP) is 4.27. The van der Waals surface area contributed by atoms with E-state index < -0.39 is 11.4 Å². The molecule has 0 aliphatic rings. The van der Waals surface area contributed by atoms with E-state index in [1.807, 2.05) is 27.7 Å². The second-order valence-corrected chi connectivity index (χ2v) is 7.30. The van der Waals surface area contributed by atoms with Gasteiger partial charge in [-0.3, -0.25) is 0 Å². The average molecular weight is 244 g/mol. The molecule has 0 radical (unpaired) electrons. The van der Waals surface area contributed by atoms with Gasteiger partial charge in [0.15, 0.2) is 0 Å². The maximum atomic E-state index is 11.6. The molecule has 0 unspecified atom stereocenters. The molecule has 0 aliphatic carbocycles. The van der Waals surface area contributed by atoms with Gasteiger partial charge in [-0.2, -0.15) is 5.26 Å². The van der Waals surface area contributed by atoms with Crippen molar-refractivity contribution in [2.45, 2.75) is 67.7 Å². The third kappa shape index (κ3) is 4.66. The first-order chi connectivity index (χ1) is 7.44. The largest absolute Gasteiger partial charge is 0.348 e. The van der Waals surface area contributed by atoms with Gasteiger partial charge >= 0.3 is 5.97 Å². The number of hydrogen-bond donors (Lipinski definition) is 1. The van der Waals surface area contributed by atoms with Crippen molar-refractivity contribution < 1.29 is 14.9 Å². The van der Waals surface area contributed by atoms with Gasteiger partial charge in [0.1, 0.15) is 0 Å². The Morgan fingerprint density at radius 3 is 1.82 bits per heavy atom. The monoisotopic (exact) mass is 244 g/mol. The van der Waals surface area contributed by atoms with Gasteiger partial charge in [-0.05, 0) is 37.5 Å². The van der Waals surface area contributed by atoms with Crippen LogP contribution in [0, 0.1) is 16.2 Å². The lowest BCUT2D eigenvalue weighted by atomic mass is 9.65. The summed E-state index contributed by atoms with van der Waals surface area (Å²) in [5.74, 6) is -0.557. The van der Waals surface area contributed by atoms with E-state index in [0.29, 0.717) is 5.41 Å². The Hall–Kier alpha value is -0.570. The van der Waals surface area contributed by atoms with Crippen molar-refractivity contribution in [3.8, 4) is 0 Å². The lowest BCUT2D eigenvalue weighted by molar-refractivity contribution is -0.249. The van der Waals surface area contributed by atoms with Crippen LogP contribution in [0.5, 0.6) is 0 Å². The van der Waals surface area contributed by atoms with Crippen LogP contribution in [-0.4, -0.2) is 11.2 Å². The summed E-state index contributed by atoms with van der Waals surface area (Å²) in [5.41, 5.74) is -0.560. The zero-order chi connectivity index (χ0) is 13.9. The van der Waals surface area contributed by atoms with Crippen molar-refractivity contribution in [3.63, 3.8) is 0 Å². The van der Waals surface area contributed by atoms with Gasteiger partial charge in [0.05, 0.1) is 5.41 Å².